The van der Waals surface area contributed by atoms with Crippen molar-refractivity contribution in [3.05, 3.63) is 43.1 Å². The molecule has 4 rings (SSSR count). The van der Waals surface area contributed by atoms with Crippen LogP contribution in [0.2, 0.25) is 0 Å². The molecule has 1 aromatic carbocycles. The molecule has 2 aromatic heterocycles. The van der Waals surface area contributed by atoms with Gasteiger partial charge in [-0.05, 0) is 0 Å². The van der Waals surface area contributed by atoms with Crippen molar-refractivity contribution in [1.29, 1.82) is 0 Å². The summed E-state index contributed by atoms with van der Waals surface area (Å²) in [5, 5.41) is 13.9. The monoisotopic (exact) mass is 535 g/mol. The van der Waals surface area contributed by atoms with E-state index < -0.39 is 11.5 Å². The summed E-state index contributed by atoms with van der Waals surface area (Å²) < 4.78 is 8.90. The molecule has 0 unspecified atom stereocenters. The third-order valence-corrected chi connectivity index (χ3v) is 8.70. The standard InChI is InChI=1S/C18H18BrN3O4Se.ClH/c19-14-11-3-2-10-8-12(17(23)21-25)18(24)26-15(10)16(11)27-13(14)9-22-6-1-4-20-5-7-22;/h2-3,8,20,25H,1,4-7,9H2,(H,21,23);1H. The summed E-state index contributed by atoms with van der Waals surface area (Å²) in [6.45, 7) is 5.04. The number of fused-ring (bicyclic) bond motifs is 3. The van der Waals surface area contributed by atoms with Gasteiger partial charge >= 0.3 is 169 Å². The molecule has 0 atom stereocenters. The van der Waals surface area contributed by atoms with Crippen LogP contribution in [-0.4, -0.2) is 56.7 Å². The molecular weight excluding hydrogens is 517 g/mol. The maximum atomic E-state index is 12.2. The molecule has 1 aliphatic rings. The fourth-order valence-corrected chi connectivity index (χ4v) is 7.08. The van der Waals surface area contributed by atoms with Crippen LogP contribution in [-0.2, 0) is 6.54 Å². The number of benzene rings is 1. The number of hydroxylamine groups is 1. The predicted octanol–water partition coefficient (Wildman–Crippen LogP) is 2.10. The molecule has 0 radical (unpaired) electrons. The zero-order valence-electron chi connectivity index (χ0n) is 14.8. The first-order chi connectivity index (χ1) is 13.1. The fourth-order valence-electron chi connectivity index (χ4n) is 3.33. The molecule has 0 aliphatic carbocycles. The second-order valence-corrected chi connectivity index (χ2v) is 9.58. The van der Waals surface area contributed by atoms with Crippen LogP contribution in [0.3, 0.4) is 0 Å². The number of carbonyl (C=O) groups is 1. The van der Waals surface area contributed by atoms with Gasteiger partial charge in [-0.15, -0.1) is 12.4 Å². The molecule has 0 spiro atoms. The molecule has 3 heterocycles. The normalized spacial score (nSPS) is 15.4. The van der Waals surface area contributed by atoms with Crippen LogP contribution >= 0.6 is 28.3 Å². The molecule has 0 saturated carbocycles. The van der Waals surface area contributed by atoms with Gasteiger partial charge in [-0.1, -0.05) is 0 Å². The van der Waals surface area contributed by atoms with Crippen LogP contribution in [0.1, 0.15) is 21.2 Å². The van der Waals surface area contributed by atoms with Crippen molar-refractivity contribution in [2.24, 2.45) is 0 Å². The van der Waals surface area contributed by atoms with Gasteiger partial charge < -0.3 is 0 Å². The third-order valence-electron chi connectivity index (χ3n) is 4.71. The van der Waals surface area contributed by atoms with Crippen molar-refractivity contribution in [3.8, 4) is 0 Å². The average Bonchev–Trinajstić information content (AvgIpc) is 2.84. The van der Waals surface area contributed by atoms with Gasteiger partial charge in [-0.2, -0.15) is 0 Å². The number of nitrogens with one attached hydrogen (secondary N) is 2. The molecule has 1 amide bonds. The Morgan fingerprint density at radius 3 is 2.96 bits per heavy atom. The quantitative estimate of drug-likeness (QED) is 0.206. The Labute approximate surface area is 181 Å². The molecule has 0 bridgehead atoms. The Morgan fingerprint density at radius 2 is 2.18 bits per heavy atom. The first-order valence-electron chi connectivity index (χ1n) is 8.63. The van der Waals surface area contributed by atoms with E-state index in [-0.39, 0.29) is 32.5 Å². The summed E-state index contributed by atoms with van der Waals surface area (Å²) in [6.07, 6.45) is 1.14. The van der Waals surface area contributed by atoms with Crippen molar-refractivity contribution in [1.82, 2.24) is 15.7 Å². The van der Waals surface area contributed by atoms with Crippen LogP contribution in [0.4, 0.5) is 0 Å². The molecule has 150 valence electrons. The number of nitrogens with zero attached hydrogens (tertiary/aromatic N) is 1. The molecule has 1 aliphatic heterocycles. The molecule has 28 heavy (non-hydrogen) atoms. The van der Waals surface area contributed by atoms with Crippen LogP contribution in [0, 0.1) is 0 Å². The van der Waals surface area contributed by atoms with Crippen molar-refractivity contribution in [2.45, 2.75) is 13.0 Å². The second kappa shape index (κ2) is 9.09. The number of hydrogen-bond donors (Lipinski definition) is 3. The number of amides is 1. The summed E-state index contributed by atoms with van der Waals surface area (Å²) in [5.74, 6) is -0.869. The van der Waals surface area contributed by atoms with Crippen LogP contribution in [0.25, 0.3) is 20.6 Å². The number of carbonyl (C=O) groups excluding carboxylic acids is 1. The van der Waals surface area contributed by atoms with E-state index >= 15 is 0 Å². The Bertz CT molecular complexity index is 1080. The first kappa shape index (κ1) is 21.5. The van der Waals surface area contributed by atoms with Crippen molar-refractivity contribution < 1.29 is 14.4 Å². The summed E-state index contributed by atoms with van der Waals surface area (Å²) in [5.41, 5.74) is 1.05. The molecule has 3 aromatic rings. The van der Waals surface area contributed by atoms with E-state index in [4.69, 9.17) is 9.62 Å². The van der Waals surface area contributed by atoms with E-state index in [9.17, 15) is 9.59 Å². The number of rotatable bonds is 3. The Morgan fingerprint density at radius 1 is 1.36 bits per heavy atom. The van der Waals surface area contributed by atoms with Gasteiger partial charge in [0.2, 0.25) is 0 Å². The van der Waals surface area contributed by atoms with E-state index in [0.717, 1.165) is 53.3 Å². The zero-order chi connectivity index (χ0) is 19.0. The molecule has 7 nitrogen and oxygen atoms in total. The predicted molar refractivity (Wildman–Crippen MR) is 114 cm³/mol. The van der Waals surface area contributed by atoms with Gasteiger partial charge in [0.25, 0.3) is 0 Å². The Hall–Kier alpha value is -1.19. The molecule has 1 fully saturated rings. The fraction of sp³-hybridized carbons (Fsp3) is 0.333. The average molecular weight is 536 g/mol. The van der Waals surface area contributed by atoms with Crippen LogP contribution in [0.5, 0.6) is 0 Å². The van der Waals surface area contributed by atoms with E-state index in [1.54, 1.807) is 0 Å². The summed E-state index contributed by atoms with van der Waals surface area (Å²) >= 11 is 3.77. The molecule has 10 heteroatoms. The SMILES string of the molecule is Cl.O=C(NO)c1cc2ccc3c(Br)c(CN4CCCNCC4)[se]c3c2oc1=O. The van der Waals surface area contributed by atoms with Crippen molar-refractivity contribution >= 4 is 69.4 Å². The van der Waals surface area contributed by atoms with Crippen LogP contribution < -0.4 is 16.4 Å². The first-order valence-corrected chi connectivity index (χ1v) is 11.1. The van der Waals surface area contributed by atoms with E-state index in [0.29, 0.717) is 11.0 Å². The number of halogens is 2. The van der Waals surface area contributed by atoms with Gasteiger partial charge in [0.1, 0.15) is 0 Å². The Kier molecular flexibility index (Phi) is 6.98. The van der Waals surface area contributed by atoms with Crippen molar-refractivity contribution in [3.63, 3.8) is 0 Å². The Balaban J connectivity index is 0.00000225. The minimum atomic E-state index is -0.869. The summed E-state index contributed by atoms with van der Waals surface area (Å²) in [4.78, 5) is 26.3. The zero-order valence-corrected chi connectivity index (χ0v) is 18.9. The molecule has 1 saturated heterocycles. The molecule has 3 N–H and O–H groups in total. The van der Waals surface area contributed by atoms with Gasteiger partial charge in [-0.3, -0.25) is 0 Å². The second-order valence-electron chi connectivity index (χ2n) is 6.47. The van der Waals surface area contributed by atoms with Crippen molar-refractivity contribution in [2.75, 3.05) is 26.2 Å². The minimum absolute atomic E-state index is 0. The number of hydrogen-bond acceptors (Lipinski definition) is 6. The van der Waals surface area contributed by atoms with Gasteiger partial charge in [0.05, 0.1) is 0 Å². The summed E-state index contributed by atoms with van der Waals surface area (Å²) in [6, 6.07) is 5.29. The van der Waals surface area contributed by atoms with E-state index in [1.807, 2.05) is 12.1 Å². The molecular formula is C18H19BrClN3O4Se. The van der Waals surface area contributed by atoms with E-state index in [2.05, 4.69) is 26.1 Å². The van der Waals surface area contributed by atoms with Gasteiger partial charge in [-0.25, -0.2) is 0 Å². The maximum absolute atomic E-state index is 12.2. The van der Waals surface area contributed by atoms with E-state index in [1.165, 1.54) is 16.0 Å². The van der Waals surface area contributed by atoms with Crippen LogP contribution in [0.15, 0.2) is 31.9 Å². The summed E-state index contributed by atoms with van der Waals surface area (Å²) in [7, 11) is 0. The third kappa shape index (κ3) is 4.07. The van der Waals surface area contributed by atoms with Gasteiger partial charge in [0, 0.05) is 0 Å². The van der Waals surface area contributed by atoms with Gasteiger partial charge in [0.15, 0.2) is 0 Å². The topological polar surface area (TPSA) is 94.8 Å².